The molecule has 3 rings (SSSR count). The molecular weight excluding hydrogens is 382 g/mol. The molecule has 0 aliphatic heterocycles. The first-order chi connectivity index (χ1) is 14.3. The van der Waals surface area contributed by atoms with Gasteiger partial charge in [-0.2, -0.15) is 10.2 Å². The maximum atomic E-state index is 12.4. The Morgan fingerprint density at radius 2 is 1.83 bits per heavy atom. The molecule has 154 valence electrons. The monoisotopic (exact) mass is 405 g/mol. The van der Waals surface area contributed by atoms with Gasteiger partial charge in [-0.15, -0.1) is 0 Å². The highest BCUT2D eigenvalue weighted by molar-refractivity contribution is 6.00. The van der Waals surface area contributed by atoms with Crippen LogP contribution in [0.4, 0.5) is 5.69 Å². The van der Waals surface area contributed by atoms with Gasteiger partial charge >= 0.3 is 0 Å². The van der Waals surface area contributed by atoms with Crippen LogP contribution >= 0.6 is 0 Å². The Bertz CT molecular complexity index is 1070. The zero-order valence-electron chi connectivity index (χ0n) is 17.0. The molecule has 1 heterocycles. The molecule has 30 heavy (non-hydrogen) atoms. The average Bonchev–Trinajstić information content (AvgIpc) is 3.22. The summed E-state index contributed by atoms with van der Waals surface area (Å²) in [5.41, 5.74) is 6.82. The van der Waals surface area contributed by atoms with Gasteiger partial charge in [-0.25, -0.2) is 5.43 Å². The first-order valence-electron chi connectivity index (χ1n) is 9.57. The number of nitro benzene ring substituents is 1. The minimum atomic E-state index is -0.467. The highest BCUT2D eigenvalue weighted by Crippen LogP contribution is 2.19. The zero-order chi connectivity index (χ0) is 21.7. The van der Waals surface area contributed by atoms with Crippen LogP contribution in [-0.4, -0.2) is 26.7 Å². The first-order valence-corrected chi connectivity index (χ1v) is 9.57. The third-order valence-electron chi connectivity index (χ3n) is 4.54. The van der Waals surface area contributed by atoms with Crippen LogP contribution in [0, 0.1) is 16.0 Å². The molecule has 2 aromatic carbocycles. The van der Waals surface area contributed by atoms with Crippen molar-refractivity contribution in [3.8, 4) is 11.3 Å². The molecule has 8 nitrogen and oxygen atoms in total. The largest absolute Gasteiger partial charge is 0.289 e. The molecule has 0 fully saturated rings. The van der Waals surface area contributed by atoms with E-state index in [2.05, 4.69) is 46.7 Å². The Morgan fingerprint density at radius 3 is 2.43 bits per heavy atom. The molecule has 0 bridgehead atoms. The highest BCUT2D eigenvalue weighted by atomic mass is 16.6. The SMILES string of the molecule is C/C(=N\NC(=O)c1cc(-c2ccc(CC(C)C)cc2)n[nH]1)c1ccc([N+](=O)[O-])cc1. The second-order valence-electron chi connectivity index (χ2n) is 7.40. The predicted octanol–water partition coefficient (Wildman–Crippen LogP) is 4.34. The first kappa shape index (κ1) is 20.9. The summed E-state index contributed by atoms with van der Waals surface area (Å²) in [5, 5.41) is 21.7. The van der Waals surface area contributed by atoms with Crippen LogP contribution < -0.4 is 5.43 Å². The number of non-ortho nitro benzene ring substituents is 1. The Morgan fingerprint density at radius 1 is 1.17 bits per heavy atom. The number of hydrazone groups is 1. The van der Waals surface area contributed by atoms with E-state index in [0.717, 1.165) is 12.0 Å². The summed E-state index contributed by atoms with van der Waals surface area (Å²) >= 11 is 0. The minimum absolute atomic E-state index is 0.00202. The summed E-state index contributed by atoms with van der Waals surface area (Å²) in [6.07, 6.45) is 1.01. The number of hydrogen-bond acceptors (Lipinski definition) is 5. The number of carbonyl (C=O) groups excluding carboxylic acids is 1. The second-order valence-corrected chi connectivity index (χ2v) is 7.40. The molecule has 2 N–H and O–H groups in total. The van der Waals surface area contributed by atoms with Gasteiger partial charge in [-0.05, 0) is 48.6 Å². The molecule has 8 heteroatoms. The Labute approximate surface area is 174 Å². The van der Waals surface area contributed by atoms with Crippen LogP contribution in [-0.2, 0) is 6.42 Å². The van der Waals surface area contributed by atoms with Crippen molar-refractivity contribution in [2.45, 2.75) is 27.2 Å². The van der Waals surface area contributed by atoms with E-state index in [1.54, 1.807) is 25.1 Å². The highest BCUT2D eigenvalue weighted by Gasteiger charge is 2.11. The Balaban J connectivity index is 1.65. The molecule has 3 aromatic rings. The van der Waals surface area contributed by atoms with Crippen molar-refractivity contribution in [1.29, 1.82) is 0 Å². The molecule has 0 saturated heterocycles. The van der Waals surface area contributed by atoms with E-state index in [0.29, 0.717) is 22.9 Å². The molecule has 0 saturated carbocycles. The molecule has 0 unspecified atom stereocenters. The third kappa shape index (κ3) is 5.16. The van der Waals surface area contributed by atoms with Gasteiger partial charge in [0.15, 0.2) is 0 Å². The minimum Gasteiger partial charge on any atom is -0.272 e. The number of rotatable bonds is 7. The summed E-state index contributed by atoms with van der Waals surface area (Å²) in [5.74, 6) is 0.165. The summed E-state index contributed by atoms with van der Waals surface area (Å²) in [7, 11) is 0. The lowest BCUT2D eigenvalue weighted by Gasteiger charge is -2.05. The number of amides is 1. The number of carbonyl (C=O) groups is 1. The van der Waals surface area contributed by atoms with Crippen LogP contribution in [0.1, 0.15) is 42.4 Å². The number of nitrogens with zero attached hydrogens (tertiary/aromatic N) is 3. The maximum absolute atomic E-state index is 12.4. The lowest BCUT2D eigenvalue weighted by atomic mass is 10.0. The maximum Gasteiger partial charge on any atom is 0.289 e. The number of nitro groups is 1. The zero-order valence-corrected chi connectivity index (χ0v) is 17.0. The predicted molar refractivity (Wildman–Crippen MR) is 115 cm³/mol. The number of hydrogen-bond donors (Lipinski definition) is 2. The topological polar surface area (TPSA) is 113 Å². The molecule has 0 radical (unpaired) electrons. The molecule has 0 aliphatic rings. The quantitative estimate of drug-likeness (QED) is 0.346. The normalized spacial score (nSPS) is 11.5. The van der Waals surface area contributed by atoms with Gasteiger partial charge in [0.2, 0.25) is 0 Å². The Hall–Kier alpha value is -3.81. The average molecular weight is 405 g/mol. The lowest BCUT2D eigenvalue weighted by molar-refractivity contribution is -0.384. The fraction of sp³-hybridized carbons (Fsp3) is 0.227. The van der Waals surface area contributed by atoms with Gasteiger partial charge in [0.25, 0.3) is 11.6 Å². The van der Waals surface area contributed by atoms with Gasteiger partial charge in [0, 0.05) is 17.7 Å². The molecule has 1 aromatic heterocycles. The molecule has 0 spiro atoms. The van der Waals surface area contributed by atoms with Crippen molar-refractivity contribution in [3.63, 3.8) is 0 Å². The fourth-order valence-electron chi connectivity index (χ4n) is 2.95. The van der Waals surface area contributed by atoms with Crippen molar-refractivity contribution in [1.82, 2.24) is 15.6 Å². The summed E-state index contributed by atoms with van der Waals surface area (Å²) in [6.45, 7) is 6.06. The fourth-order valence-corrected chi connectivity index (χ4v) is 2.95. The van der Waals surface area contributed by atoms with Crippen LogP contribution in [0.25, 0.3) is 11.3 Å². The lowest BCUT2D eigenvalue weighted by Crippen LogP contribution is -2.19. The standard InChI is InChI=1S/C22H23N5O3/c1-14(2)12-16-4-6-18(7-5-16)20-13-21(25-24-20)22(28)26-23-15(3)17-8-10-19(11-9-17)27(29)30/h4-11,13-14H,12H2,1-3H3,(H,24,25)(H,26,28)/b23-15+. The molecule has 0 atom stereocenters. The van der Waals surface area contributed by atoms with Gasteiger partial charge < -0.3 is 0 Å². The van der Waals surface area contributed by atoms with E-state index in [1.165, 1.54) is 17.7 Å². The number of nitrogens with one attached hydrogen (secondary N) is 2. The van der Waals surface area contributed by atoms with Crippen LogP contribution in [0.15, 0.2) is 59.7 Å². The summed E-state index contributed by atoms with van der Waals surface area (Å²) in [6, 6.07) is 15.7. The van der Waals surface area contributed by atoms with Crippen LogP contribution in [0.3, 0.4) is 0 Å². The molecular formula is C22H23N5O3. The van der Waals surface area contributed by atoms with Gasteiger partial charge in [0.05, 0.1) is 16.3 Å². The van der Waals surface area contributed by atoms with Crippen molar-refractivity contribution in [2.24, 2.45) is 11.0 Å². The number of H-pyrrole nitrogens is 1. The number of aromatic amines is 1. The van der Waals surface area contributed by atoms with Crippen LogP contribution in [0.2, 0.25) is 0 Å². The summed E-state index contributed by atoms with van der Waals surface area (Å²) in [4.78, 5) is 22.6. The van der Waals surface area contributed by atoms with Crippen molar-refractivity contribution in [2.75, 3.05) is 0 Å². The smallest absolute Gasteiger partial charge is 0.272 e. The van der Waals surface area contributed by atoms with E-state index in [1.807, 2.05) is 12.1 Å². The molecule has 1 amide bonds. The Kier molecular flexibility index (Phi) is 6.36. The van der Waals surface area contributed by atoms with Crippen LogP contribution in [0.5, 0.6) is 0 Å². The van der Waals surface area contributed by atoms with E-state index < -0.39 is 10.8 Å². The van der Waals surface area contributed by atoms with E-state index in [-0.39, 0.29) is 11.4 Å². The second kappa shape index (κ2) is 9.13. The number of benzene rings is 2. The van der Waals surface area contributed by atoms with Crippen molar-refractivity contribution in [3.05, 3.63) is 81.5 Å². The van der Waals surface area contributed by atoms with Gasteiger partial charge in [0.1, 0.15) is 5.69 Å². The van der Waals surface area contributed by atoms with E-state index in [9.17, 15) is 14.9 Å². The van der Waals surface area contributed by atoms with Gasteiger partial charge in [-0.3, -0.25) is 20.0 Å². The summed E-state index contributed by atoms with van der Waals surface area (Å²) < 4.78 is 0. The van der Waals surface area contributed by atoms with E-state index >= 15 is 0 Å². The van der Waals surface area contributed by atoms with Crippen molar-refractivity contribution < 1.29 is 9.72 Å². The van der Waals surface area contributed by atoms with E-state index in [4.69, 9.17) is 0 Å². The number of aromatic nitrogens is 2. The van der Waals surface area contributed by atoms with Gasteiger partial charge in [-0.1, -0.05) is 38.1 Å². The molecule has 0 aliphatic carbocycles. The van der Waals surface area contributed by atoms with Crippen molar-refractivity contribution >= 4 is 17.3 Å². The third-order valence-corrected chi connectivity index (χ3v) is 4.54.